The predicted octanol–water partition coefficient (Wildman–Crippen LogP) is 3.78. The van der Waals surface area contributed by atoms with Gasteiger partial charge in [-0.2, -0.15) is 5.26 Å². The van der Waals surface area contributed by atoms with Gasteiger partial charge < -0.3 is 5.32 Å². The summed E-state index contributed by atoms with van der Waals surface area (Å²) in [7, 11) is 0. The number of hydrogen-bond acceptors (Lipinski definition) is 2. The highest BCUT2D eigenvalue weighted by atomic mass is 79.9. The Morgan fingerprint density at radius 3 is 2.80 bits per heavy atom. The molecule has 0 saturated heterocycles. The average molecular weight is 267 g/mol. The van der Waals surface area contributed by atoms with Gasteiger partial charge in [0.25, 0.3) is 0 Å². The van der Waals surface area contributed by atoms with Gasteiger partial charge in [-0.25, -0.2) is 0 Å². The first-order valence-electron chi connectivity index (χ1n) is 5.07. The Morgan fingerprint density at radius 1 is 1.47 bits per heavy atom. The number of nitrogens with zero attached hydrogens (tertiary/aromatic N) is 1. The summed E-state index contributed by atoms with van der Waals surface area (Å²) in [6, 6.07) is 7.82. The lowest BCUT2D eigenvalue weighted by Crippen LogP contribution is -2.05. The number of hydrogen-bond donors (Lipinski definition) is 1. The first-order valence-corrected chi connectivity index (χ1v) is 5.86. The molecule has 0 spiro atoms. The number of anilines is 1. The number of benzene rings is 1. The topological polar surface area (TPSA) is 35.8 Å². The average Bonchev–Trinajstić information content (AvgIpc) is 2.17. The van der Waals surface area contributed by atoms with E-state index in [0.29, 0.717) is 11.5 Å². The van der Waals surface area contributed by atoms with Crippen LogP contribution < -0.4 is 5.32 Å². The molecule has 0 fully saturated rings. The van der Waals surface area contributed by atoms with Crippen molar-refractivity contribution in [1.29, 1.82) is 5.26 Å². The van der Waals surface area contributed by atoms with Gasteiger partial charge in [0.2, 0.25) is 0 Å². The van der Waals surface area contributed by atoms with Crippen molar-refractivity contribution in [2.75, 3.05) is 11.9 Å². The van der Waals surface area contributed by atoms with Crippen LogP contribution in [-0.4, -0.2) is 6.54 Å². The van der Waals surface area contributed by atoms with E-state index in [1.165, 1.54) is 0 Å². The van der Waals surface area contributed by atoms with Gasteiger partial charge in [0.05, 0.1) is 11.3 Å². The largest absolute Gasteiger partial charge is 0.384 e. The first kappa shape index (κ1) is 12.1. The highest BCUT2D eigenvalue weighted by molar-refractivity contribution is 9.10. The molecule has 0 aliphatic carbocycles. The summed E-state index contributed by atoms with van der Waals surface area (Å²) in [6.45, 7) is 5.28. The van der Waals surface area contributed by atoms with E-state index in [2.05, 4.69) is 41.2 Å². The van der Waals surface area contributed by atoms with E-state index >= 15 is 0 Å². The maximum Gasteiger partial charge on any atom is 0.101 e. The number of halogens is 1. The van der Waals surface area contributed by atoms with Gasteiger partial charge in [-0.05, 0) is 30.5 Å². The molecule has 0 unspecified atom stereocenters. The molecule has 0 amide bonds. The molecular formula is C12H15BrN2. The standard InChI is InChI=1S/C12H15BrN2/c1-9(2)5-6-15-12-7-11(13)4-3-10(12)8-14/h3-4,7,9,15H,5-6H2,1-2H3. The van der Waals surface area contributed by atoms with Crippen molar-refractivity contribution in [2.45, 2.75) is 20.3 Å². The Hall–Kier alpha value is -1.01. The van der Waals surface area contributed by atoms with Gasteiger partial charge in [-0.3, -0.25) is 0 Å². The summed E-state index contributed by atoms with van der Waals surface area (Å²) >= 11 is 3.40. The third-order valence-electron chi connectivity index (χ3n) is 2.14. The summed E-state index contributed by atoms with van der Waals surface area (Å²) in [5, 5.41) is 12.2. The van der Waals surface area contributed by atoms with Gasteiger partial charge in [-0.15, -0.1) is 0 Å². The Morgan fingerprint density at radius 2 is 2.20 bits per heavy atom. The van der Waals surface area contributed by atoms with E-state index in [4.69, 9.17) is 5.26 Å². The van der Waals surface area contributed by atoms with Gasteiger partial charge in [0.15, 0.2) is 0 Å². The summed E-state index contributed by atoms with van der Waals surface area (Å²) < 4.78 is 0.994. The number of nitriles is 1. The summed E-state index contributed by atoms with van der Waals surface area (Å²) in [5.74, 6) is 0.676. The zero-order valence-electron chi connectivity index (χ0n) is 9.05. The summed E-state index contributed by atoms with van der Waals surface area (Å²) in [5.41, 5.74) is 1.61. The summed E-state index contributed by atoms with van der Waals surface area (Å²) in [6.07, 6.45) is 1.11. The van der Waals surface area contributed by atoms with Gasteiger partial charge in [0, 0.05) is 11.0 Å². The predicted molar refractivity (Wildman–Crippen MR) is 66.8 cm³/mol. The van der Waals surface area contributed by atoms with Crippen molar-refractivity contribution in [1.82, 2.24) is 0 Å². The molecule has 0 saturated carbocycles. The molecule has 0 heterocycles. The fourth-order valence-corrected chi connectivity index (χ4v) is 1.62. The third kappa shape index (κ3) is 3.93. The van der Waals surface area contributed by atoms with Crippen molar-refractivity contribution in [3.8, 4) is 6.07 Å². The lowest BCUT2D eigenvalue weighted by atomic mass is 10.1. The fourth-order valence-electron chi connectivity index (χ4n) is 1.26. The molecule has 2 nitrogen and oxygen atoms in total. The first-order chi connectivity index (χ1) is 7.13. The normalized spacial score (nSPS) is 10.1. The van der Waals surface area contributed by atoms with Crippen molar-refractivity contribution in [3.63, 3.8) is 0 Å². The van der Waals surface area contributed by atoms with E-state index in [1.54, 1.807) is 0 Å². The third-order valence-corrected chi connectivity index (χ3v) is 2.63. The quantitative estimate of drug-likeness (QED) is 0.901. The van der Waals surface area contributed by atoms with Crippen molar-refractivity contribution in [3.05, 3.63) is 28.2 Å². The molecule has 0 aliphatic heterocycles. The van der Waals surface area contributed by atoms with E-state index in [1.807, 2.05) is 18.2 Å². The zero-order chi connectivity index (χ0) is 11.3. The van der Waals surface area contributed by atoms with Crippen LogP contribution in [0.25, 0.3) is 0 Å². The zero-order valence-corrected chi connectivity index (χ0v) is 10.6. The van der Waals surface area contributed by atoms with Crippen LogP contribution in [0.1, 0.15) is 25.8 Å². The summed E-state index contributed by atoms with van der Waals surface area (Å²) in [4.78, 5) is 0. The molecule has 80 valence electrons. The number of rotatable bonds is 4. The molecule has 0 aliphatic rings. The minimum atomic E-state index is 0.676. The second-order valence-corrected chi connectivity index (χ2v) is 4.83. The smallest absolute Gasteiger partial charge is 0.101 e. The van der Waals surface area contributed by atoms with E-state index in [0.717, 1.165) is 23.1 Å². The van der Waals surface area contributed by atoms with Crippen molar-refractivity contribution < 1.29 is 0 Å². The van der Waals surface area contributed by atoms with Crippen LogP contribution in [0, 0.1) is 17.2 Å². The lowest BCUT2D eigenvalue weighted by Gasteiger charge is -2.10. The van der Waals surface area contributed by atoms with Crippen molar-refractivity contribution in [2.24, 2.45) is 5.92 Å². The lowest BCUT2D eigenvalue weighted by molar-refractivity contribution is 0.607. The molecule has 0 aromatic heterocycles. The Balaban J connectivity index is 2.67. The SMILES string of the molecule is CC(C)CCNc1cc(Br)ccc1C#N. The highest BCUT2D eigenvalue weighted by Gasteiger charge is 2.02. The Kier molecular flexibility index (Phi) is 4.64. The minimum absolute atomic E-state index is 0.676. The van der Waals surface area contributed by atoms with Gasteiger partial charge >= 0.3 is 0 Å². The second-order valence-electron chi connectivity index (χ2n) is 3.91. The van der Waals surface area contributed by atoms with Crippen LogP contribution in [-0.2, 0) is 0 Å². The molecule has 15 heavy (non-hydrogen) atoms. The Labute approximate surface area is 99.4 Å². The molecule has 1 rings (SSSR count). The molecule has 0 radical (unpaired) electrons. The molecule has 3 heteroatoms. The van der Waals surface area contributed by atoms with Gasteiger partial charge in [-0.1, -0.05) is 29.8 Å². The van der Waals surface area contributed by atoms with Crippen LogP contribution in [0.15, 0.2) is 22.7 Å². The van der Waals surface area contributed by atoms with E-state index in [9.17, 15) is 0 Å². The minimum Gasteiger partial charge on any atom is -0.384 e. The van der Waals surface area contributed by atoms with E-state index < -0.39 is 0 Å². The molecule has 1 aromatic rings. The van der Waals surface area contributed by atoms with Crippen LogP contribution in [0.3, 0.4) is 0 Å². The maximum absolute atomic E-state index is 8.91. The monoisotopic (exact) mass is 266 g/mol. The van der Waals surface area contributed by atoms with E-state index in [-0.39, 0.29) is 0 Å². The molecule has 0 bridgehead atoms. The second kappa shape index (κ2) is 5.77. The molecular weight excluding hydrogens is 252 g/mol. The van der Waals surface area contributed by atoms with Crippen LogP contribution in [0.5, 0.6) is 0 Å². The van der Waals surface area contributed by atoms with Crippen molar-refractivity contribution >= 4 is 21.6 Å². The molecule has 0 atom stereocenters. The highest BCUT2D eigenvalue weighted by Crippen LogP contribution is 2.20. The van der Waals surface area contributed by atoms with Crippen LogP contribution in [0.4, 0.5) is 5.69 Å². The number of nitrogens with one attached hydrogen (secondary N) is 1. The molecule has 1 aromatic carbocycles. The van der Waals surface area contributed by atoms with Gasteiger partial charge in [0.1, 0.15) is 6.07 Å². The van der Waals surface area contributed by atoms with Crippen LogP contribution >= 0.6 is 15.9 Å². The van der Waals surface area contributed by atoms with Crippen LogP contribution in [0.2, 0.25) is 0 Å². The Bertz CT molecular complexity index is 366. The maximum atomic E-state index is 8.91. The molecule has 1 N–H and O–H groups in total. The fraction of sp³-hybridized carbons (Fsp3) is 0.417.